The standard InChI is InChI=1S/C13H15N3/c1-4-11(9(2)14-3)12-6-5-10-7-8-15-13(10)16-12/h4-8H,1-3H3,(H,15,16)/b11-4+,14-9?. The quantitative estimate of drug-likeness (QED) is 0.765. The second-order valence-electron chi connectivity index (χ2n) is 3.62. The van der Waals surface area contributed by atoms with E-state index in [-0.39, 0.29) is 0 Å². The zero-order chi connectivity index (χ0) is 11.5. The van der Waals surface area contributed by atoms with E-state index in [1.807, 2.05) is 38.3 Å². The Balaban J connectivity index is 2.54. The second kappa shape index (κ2) is 4.31. The summed E-state index contributed by atoms with van der Waals surface area (Å²) in [4.78, 5) is 11.9. The van der Waals surface area contributed by atoms with Gasteiger partial charge in [-0.15, -0.1) is 0 Å². The summed E-state index contributed by atoms with van der Waals surface area (Å²) in [6, 6.07) is 6.11. The van der Waals surface area contributed by atoms with Crippen molar-refractivity contribution in [1.29, 1.82) is 0 Å². The van der Waals surface area contributed by atoms with Crippen molar-refractivity contribution in [3.8, 4) is 0 Å². The Kier molecular flexibility index (Phi) is 2.86. The third-order valence-corrected chi connectivity index (χ3v) is 2.70. The first kappa shape index (κ1) is 10.6. The average molecular weight is 213 g/mol. The van der Waals surface area contributed by atoms with Gasteiger partial charge in [0.05, 0.1) is 5.69 Å². The fourth-order valence-corrected chi connectivity index (χ4v) is 1.74. The van der Waals surface area contributed by atoms with Gasteiger partial charge in [0.1, 0.15) is 5.65 Å². The summed E-state index contributed by atoms with van der Waals surface area (Å²) >= 11 is 0. The summed E-state index contributed by atoms with van der Waals surface area (Å²) in [5.74, 6) is 0. The lowest BCUT2D eigenvalue weighted by Gasteiger charge is -2.05. The van der Waals surface area contributed by atoms with Crippen molar-refractivity contribution in [3.05, 3.63) is 36.2 Å². The molecule has 0 saturated heterocycles. The number of allylic oxidation sites excluding steroid dienone is 2. The van der Waals surface area contributed by atoms with Crippen LogP contribution in [0.25, 0.3) is 16.6 Å². The van der Waals surface area contributed by atoms with Gasteiger partial charge in [0.25, 0.3) is 0 Å². The number of H-pyrrole nitrogens is 1. The third kappa shape index (κ3) is 1.76. The molecule has 0 fully saturated rings. The maximum Gasteiger partial charge on any atom is 0.137 e. The molecule has 3 nitrogen and oxygen atoms in total. The molecule has 0 aliphatic rings. The minimum atomic E-state index is 0.917. The molecular formula is C13H15N3. The number of hydrogen-bond donors (Lipinski definition) is 1. The maximum atomic E-state index is 4.57. The first-order valence-corrected chi connectivity index (χ1v) is 5.31. The van der Waals surface area contributed by atoms with Crippen LogP contribution in [0.1, 0.15) is 19.5 Å². The lowest BCUT2D eigenvalue weighted by atomic mass is 10.1. The summed E-state index contributed by atoms with van der Waals surface area (Å²) in [6.45, 7) is 4.00. The normalized spacial score (nSPS) is 13.4. The number of aliphatic imine (C=N–C) groups is 1. The van der Waals surface area contributed by atoms with Crippen LogP contribution in [-0.2, 0) is 0 Å². The van der Waals surface area contributed by atoms with Crippen molar-refractivity contribution >= 4 is 22.3 Å². The smallest absolute Gasteiger partial charge is 0.137 e. The van der Waals surface area contributed by atoms with Crippen molar-refractivity contribution in [1.82, 2.24) is 9.97 Å². The molecule has 2 aromatic rings. The molecule has 1 N–H and O–H groups in total. The molecule has 0 atom stereocenters. The Morgan fingerprint density at radius 1 is 1.38 bits per heavy atom. The Bertz CT molecular complexity index is 561. The van der Waals surface area contributed by atoms with Gasteiger partial charge in [-0.05, 0) is 32.0 Å². The summed E-state index contributed by atoms with van der Waals surface area (Å²) in [5, 5.41) is 1.13. The summed E-state index contributed by atoms with van der Waals surface area (Å²) in [5.41, 5.74) is 3.96. The highest BCUT2D eigenvalue weighted by Crippen LogP contribution is 2.17. The fraction of sp³-hybridized carbons (Fsp3) is 0.231. The highest BCUT2D eigenvalue weighted by Gasteiger charge is 2.06. The predicted molar refractivity (Wildman–Crippen MR) is 68.8 cm³/mol. The molecule has 2 aromatic heterocycles. The molecule has 16 heavy (non-hydrogen) atoms. The van der Waals surface area contributed by atoms with Crippen LogP contribution < -0.4 is 0 Å². The molecule has 0 aliphatic heterocycles. The van der Waals surface area contributed by atoms with E-state index in [0.29, 0.717) is 0 Å². The van der Waals surface area contributed by atoms with E-state index >= 15 is 0 Å². The number of aromatic nitrogens is 2. The van der Waals surface area contributed by atoms with Crippen molar-refractivity contribution in [2.24, 2.45) is 4.99 Å². The molecule has 0 spiro atoms. The largest absolute Gasteiger partial charge is 0.346 e. The molecule has 0 aliphatic carbocycles. The summed E-state index contributed by atoms with van der Waals surface area (Å²) in [6.07, 6.45) is 3.94. The molecule has 2 rings (SSSR count). The van der Waals surface area contributed by atoms with Crippen LogP contribution in [0.3, 0.4) is 0 Å². The van der Waals surface area contributed by atoms with Gasteiger partial charge in [-0.25, -0.2) is 4.98 Å². The van der Waals surface area contributed by atoms with Crippen LogP contribution in [-0.4, -0.2) is 22.7 Å². The van der Waals surface area contributed by atoms with Crippen LogP contribution >= 0.6 is 0 Å². The van der Waals surface area contributed by atoms with E-state index in [1.54, 1.807) is 7.05 Å². The second-order valence-corrected chi connectivity index (χ2v) is 3.62. The topological polar surface area (TPSA) is 41.0 Å². The number of rotatable bonds is 2. The van der Waals surface area contributed by atoms with Crippen molar-refractivity contribution in [2.45, 2.75) is 13.8 Å². The van der Waals surface area contributed by atoms with Crippen LogP contribution in [0.5, 0.6) is 0 Å². The van der Waals surface area contributed by atoms with Gasteiger partial charge in [-0.2, -0.15) is 0 Å². The maximum absolute atomic E-state index is 4.57. The van der Waals surface area contributed by atoms with Crippen LogP contribution in [0.2, 0.25) is 0 Å². The van der Waals surface area contributed by atoms with E-state index < -0.39 is 0 Å². The monoisotopic (exact) mass is 213 g/mol. The van der Waals surface area contributed by atoms with Crippen LogP contribution in [0.4, 0.5) is 0 Å². The molecule has 0 aromatic carbocycles. The number of aromatic amines is 1. The van der Waals surface area contributed by atoms with Gasteiger partial charge in [-0.3, -0.25) is 4.99 Å². The number of fused-ring (bicyclic) bond motifs is 1. The fourth-order valence-electron chi connectivity index (χ4n) is 1.74. The number of hydrogen-bond acceptors (Lipinski definition) is 2. The van der Waals surface area contributed by atoms with Crippen LogP contribution in [0, 0.1) is 0 Å². The first-order chi connectivity index (χ1) is 7.76. The molecule has 0 saturated carbocycles. The van der Waals surface area contributed by atoms with Crippen LogP contribution in [0.15, 0.2) is 35.5 Å². The molecule has 3 heteroatoms. The highest BCUT2D eigenvalue weighted by atomic mass is 14.9. The lowest BCUT2D eigenvalue weighted by Crippen LogP contribution is -1.99. The highest BCUT2D eigenvalue weighted by molar-refractivity contribution is 6.22. The molecule has 2 heterocycles. The Morgan fingerprint density at radius 2 is 2.19 bits per heavy atom. The number of nitrogens with zero attached hydrogens (tertiary/aromatic N) is 2. The van der Waals surface area contributed by atoms with Crippen molar-refractivity contribution in [3.63, 3.8) is 0 Å². The predicted octanol–water partition coefficient (Wildman–Crippen LogP) is 3.06. The Hall–Kier alpha value is -1.90. The average Bonchev–Trinajstić information content (AvgIpc) is 2.77. The minimum Gasteiger partial charge on any atom is -0.346 e. The zero-order valence-electron chi connectivity index (χ0n) is 9.78. The van der Waals surface area contributed by atoms with Gasteiger partial charge in [0, 0.05) is 29.9 Å². The molecule has 0 amide bonds. The van der Waals surface area contributed by atoms with E-state index in [2.05, 4.69) is 21.0 Å². The van der Waals surface area contributed by atoms with E-state index in [0.717, 1.165) is 28.0 Å². The first-order valence-electron chi connectivity index (χ1n) is 5.31. The van der Waals surface area contributed by atoms with Crippen molar-refractivity contribution in [2.75, 3.05) is 7.05 Å². The molecular weight excluding hydrogens is 198 g/mol. The van der Waals surface area contributed by atoms with Crippen molar-refractivity contribution < 1.29 is 0 Å². The van der Waals surface area contributed by atoms with E-state index in [1.165, 1.54) is 0 Å². The minimum absolute atomic E-state index is 0.917. The molecule has 0 unspecified atom stereocenters. The van der Waals surface area contributed by atoms with Gasteiger partial charge >= 0.3 is 0 Å². The third-order valence-electron chi connectivity index (χ3n) is 2.70. The lowest BCUT2D eigenvalue weighted by molar-refractivity contribution is 1.29. The molecule has 0 bridgehead atoms. The number of nitrogens with one attached hydrogen (secondary N) is 1. The van der Waals surface area contributed by atoms with Gasteiger partial charge < -0.3 is 4.98 Å². The SMILES string of the molecule is C/C=C(\C(C)=NC)c1ccc2cc[nH]c2n1. The zero-order valence-corrected chi connectivity index (χ0v) is 9.78. The van der Waals surface area contributed by atoms with Gasteiger partial charge in [0.15, 0.2) is 0 Å². The van der Waals surface area contributed by atoms with Gasteiger partial charge in [-0.1, -0.05) is 6.08 Å². The van der Waals surface area contributed by atoms with E-state index in [4.69, 9.17) is 0 Å². The Labute approximate surface area is 94.9 Å². The number of pyridine rings is 1. The Morgan fingerprint density at radius 3 is 2.88 bits per heavy atom. The van der Waals surface area contributed by atoms with Gasteiger partial charge in [0.2, 0.25) is 0 Å². The summed E-state index contributed by atoms with van der Waals surface area (Å²) < 4.78 is 0. The van der Waals surface area contributed by atoms with E-state index in [9.17, 15) is 0 Å². The summed E-state index contributed by atoms with van der Waals surface area (Å²) in [7, 11) is 1.80. The molecule has 82 valence electrons. The molecule has 0 radical (unpaired) electrons.